The highest BCUT2D eigenvalue weighted by atomic mass is 16.2. The van der Waals surface area contributed by atoms with Crippen LogP contribution in [0, 0.1) is 5.92 Å². The lowest BCUT2D eigenvalue weighted by molar-refractivity contribution is 0.0698. The summed E-state index contributed by atoms with van der Waals surface area (Å²) >= 11 is 0. The number of rotatable bonds is 3. The summed E-state index contributed by atoms with van der Waals surface area (Å²) in [5, 5.41) is 4.74. The van der Waals surface area contributed by atoms with Crippen molar-refractivity contribution >= 4 is 17.3 Å². The molecule has 30 heavy (non-hydrogen) atoms. The van der Waals surface area contributed by atoms with Gasteiger partial charge in [-0.2, -0.15) is 5.10 Å². The highest BCUT2D eigenvalue weighted by Crippen LogP contribution is 2.40. The van der Waals surface area contributed by atoms with Crippen LogP contribution in [0.1, 0.15) is 41.3 Å². The lowest BCUT2D eigenvalue weighted by atomic mass is 9.95. The molecule has 1 saturated heterocycles. The SMILES string of the molecule is CC1CCN(C(=O)c2cccc3c2-c2ccccc2/C3=N\Nc2ccccc2)CC1. The molecule has 0 atom stereocenters. The van der Waals surface area contributed by atoms with Gasteiger partial charge in [-0.05, 0) is 42.5 Å². The first-order chi connectivity index (χ1) is 14.7. The summed E-state index contributed by atoms with van der Waals surface area (Å²) in [7, 11) is 0. The predicted molar refractivity (Wildman–Crippen MR) is 122 cm³/mol. The highest BCUT2D eigenvalue weighted by molar-refractivity contribution is 6.27. The molecule has 0 spiro atoms. The Bertz CT molecular complexity index is 1110. The number of nitrogens with zero attached hydrogens (tertiary/aromatic N) is 2. The van der Waals surface area contributed by atoms with Gasteiger partial charge in [-0.3, -0.25) is 10.2 Å². The van der Waals surface area contributed by atoms with Gasteiger partial charge in [-0.15, -0.1) is 0 Å². The Morgan fingerprint density at radius 3 is 2.30 bits per heavy atom. The van der Waals surface area contributed by atoms with Crippen LogP contribution in [0.15, 0.2) is 77.9 Å². The molecule has 4 nitrogen and oxygen atoms in total. The van der Waals surface area contributed by atoms with Crippen molar-refractivity contribution in [2.75, 3.05) is 18.5 Å². The van der Waals surface area contributed by atoms with Crippen molar-refractivity contribution in [3.05, 3.63) is 89.5 Å². The van der Waals surface area contributed by atoms with Crippen LogP contribution < -0.4 is 5.43 Å². The summed E-state index contributed by atoms with van der Waals surface area (Å²) in [5.41, 5.74) is 9.92. The Labute approximate surface area is 177 Å². The monoisotopic (exact) mass is 395 g/mol. The molecule has 1 N–H and O–H groups in total. The second kappa shape index (κ2) is 7.79. The van der Waals surface area contributed by atoms with Crippen LogP contribution in [-0.2, 0) is 0 Å². The maximum atomic E-state index is 13.4. The molecule has 2 aliphatic rings. The number of hydrazone groups is 1. The van der Waals surface area contributed by atoms with Crippen LogP contribution >= 0.6 is 0 Å². The molecular weight excluding hydrogens is 370 g/mol. The second-order valence-electron chi connectivity index (χ2n) is 8.19. The molecule has 3 aromatic carbocycles. The summed E-state index contributed by atoms with van der Waals surface area (Å²) < 4.78 is 0. The molecule has 0 saturated carbocycles. The third-order valence-electron chi connectivity index (χ3n) is 6.14. The van der Waals surface area contributed by atoms with E-state index in [1.165, 1.54) is 0 Å². The van der Waals surface area contributed by atoms with E-state index in [2.05, 4.69) is 30.5 Å². The Morgan fingerprint density at radius 1 is 0.867 bits per heavy atom. The fourth-order valence-corrected chi connectivity index (χ4v) is 4.41. The molecular formula is C26H25N3O. The minimum Gasteiger partial charge on any atom is -0.339 e. The minimum atomic E-state index is 0.130. The minimum absolute atomic E-state index is 0.130. The van der Waals surface area contributed by atoms with E-state index in [1.54, 1.807) is 0 Å². The van der Waals surface area contributed by atoms with Gasteiger partial charge in [0, 0.05) is 35.3 Å². The van der Waals surface area contributed by atoms with E-state index >= 15 is 0 Å². The number of nitrogens with one attached hydrogen (secondary N) is 1. The zero-order chi connectivity index (χ0) is 20.5. The van der Waals surface area contributed by atoms with Crippen LogP contribution in [0.25, 0.3) is 11.1 Å². The van der Waals surface area contributed by atoms with Crippen molar-refractivity contribution in [1.29, 1.82) is 0 Å². The molecule has 1 aliphatic heterocycles. The van der Waals surface area contributed by atoms with Gasteiger partial charge in [0.2, 0.25) is 0 Å². The standard InChI is InChI=1S/C26H25N3O/c1-18-14-16-29(17-15-18)26(30)23-13-7-12-22-24(23)20-10-5-6-11-21(20)25(22)28-27-19-8-3-2-4-9-19/h2-13,18,27H,14-17H2,1H3/b28-25+. The quantitative estimate of drug-likeness (QED) is 0.472. The van der Waals surface area contributed by atoms with Gasteiger partial charge in [-0.25, -0.2) is 0 Å². The van der Waals surface area contributed by atoms with E-state index < -0.39 is 0 Å². The van der Waals surface area contributed by atoms with Crippen molar-refractivity contribution < 1.29 is 4.79 Å². The van der Waals surface area contributed by atoms with Crippen molar-refractivity contribution in [2.45, 2.75) is 19.8 Å². The second-order valence-corrected chi connectivity index (χ2v) is 8.19. The number of benzene rings is 3. The lowest BCUT2D eigenvalue weighted by Crippen LogP contribution is -2.38. The fraction of sp³-hybridized carbons (Fsp3) is 0.231. The van der Waals surface area contributed by atoms with Gasteiger partial charge >= 0.3 is 0 Å². The number of amides is 1. The fourth-order valence-electron chi connectivity index (χ4n) is 4.41. The smallest absolute Gasteiger partial charge is 0.254 e. The van der Waals surface area contributed by atoms with Crippen LogP contribution in [0.5, 0.6) is 0 Å². The molecule has 1 heterocycles. The summed E-state index contributed by atoms with van der Waals surface area (Å²) in [5.74, 6) is 0.824. The van der Waals surface area contributed by atoms with E-state index in [0.717, 1.165) is 65.1 Å². The first-order valence-corrected chi connectivity index (χ1v) is 10.6. The molecule has 1 amide bonds. The Morgan fingerprint density at radius 2 is 1.53 bits per heavy atom. The number of likely N-dealkylation sites (tertiary alicyclic amines) is 1. The molecule has 3 aromatic rings. The average molecular weight is 396 g/mol. The first-order valence-electron chi connectivity index (χ1n) is 10.6. The van der Waals surface area contributed by atoms with E-state index in [9.17, 15) is 4.79 Å². The lowest BCUT2D eigenvalue weighted by Gasteiger charge is -2.30. The van der Waals surface area contributed by atoms with Crippen molar-refractivity contribution in [2.24, 2.45) is 11.0 Å². The van der Waals surface area contributed by atoms with Crippen molar-refractivity contribution in [3.63, 3.8) is 0 Å². The third kappa shape index (κ3) is 3.28. The number of para-hydroxylation sites is 1. The molecule has 150 valence electrons. The van der Waals surface area contributed by atoms with E-state index in [0.29, 0.717) is 5.92 Å². The topological polar surface area (TPSA) is 44.7 Å². The maximum Gasteiger partial charge on any atom is 0.254 e. The Kier molecular flexibility index (Phi) is 4.83. The number of carbonyl (C=O) groups is 1. The largest absolute Gasteiger partial charge is 0.339 e. The maximum absolute atomic E-state index is 13.4. The van der Waals surface area contributed by atoms with Crippen molar-refractivity contribution in [1.82, 2.24) is 4.90 Å². The van der Waals surface area contributed by atoms with Gasteiger partial charge in [0.25, 0.3) is 5.91 Å². The van der Waals surface area contributed by atoms with Gasteiger partial charge in [0.15, 0.2) is 0 Å². The number of fused-ring (bicyclic) bond motifs is 3. The Balaban J connectivity index is 1.56. The summed E-state index contributed by atoms with van der Waals surface area (Å²) in [6.07, 6.45) is 2.15. The highest BCUT2D eigenvalue weighted by Gasteiger charge is 2.31. The number of anilines is 1. The number of carbonyl (C=O) groups excluding carboxylic acids is 1. The average Bonchev–Trinajstić information content (AvgIpc) is 3.12. The van der Waals surface area contributed by atoms with Crippen LogP contribution in [0.3, 0.4) is 0 Å². The van der Waals surface area contributed by atoms with E-state index in [1.807, 2.05) is 59.5 Å². The van der Waals surface area contributed by atoms with Crippen LogP contribution in [0.4, 0.5) is 5.69 Å². The molecule has 4 heteroatoms. The number of piperidine rings is 1. The molecule has 0 aromatic heterocycles. The van der Waals surface area contributed by atoms with Gasteiger partial charge in [0.1, 0.15) is 0 Å². The summed E-state index contributed by atoms with van der Waals surface area (Å²) in [6.45, 7) is 3.93. The van der Waals surface area contributed by atoms with Crippen LogP contribution in [-0.4, -0.2) is 29.6 Å². The van der Waals surface area contributed by atoms with Gasteiger partial charge < -0.3 is 4.90 Å². The predicted octanol–water partition coefficient (Wildman–Crippen LogP) is 5.40. The summed E-state index contributed by atoms with van der Waals surface area (Å²) in [6, 6.07) is 24.2. The molecule has 0 unspecified atom stereocenters. The molecule has 5 rings (SSSR count). The molecule has 1 aliphatic carbocycles. The first kappa shape index (κ1) is 18.6. The van der Waals surface area contributed by atoms with E-state index in [-0.39, 0.29) is 5.91 Å². The molecule has 0 radical (unpaired) electrons. The van der Waals surface area contributed by atoms with Gasteiger partial charge in [0.05, 0.1) is 11.4 Å². The van der Waals surface area contributed by atoms with Gasteiger partial charge in [-0.1, -0.05) is 61.5 Å². The normalized spacial score (nSPS) is 17.0. The summed E-state index contributed by atoms with van der Waals surface area (Å²) in [4.78, 5) is 15.4. The Hall–Kier alpha value is -3.40. The number of hydrogen-bond acceptors (Lipinski definition) is 3. The van der Waals surface area contributed by atoms with Crippen molar-refractivity contribution in [3.8, 4) is 11.1 Å². The number of hydrogen-bond donors (Lipinski definition) is 1. The molecule has 1 fully saturated rings. The zero-order valence-corrected chi connectivity index (χ0v) is 17.1. The zero-order valence-electron chi connectivity index (χ0n) is 17.1. The molecule has 0 bridgehead atoms. The van der Waals surface area contributed by atoms with E-state index in [4.69, 9.17) is 5.10 Å². The third-order valence-corrected chi connectivity index (χ3v) is 6.14. The van der Waals surface area contributed by atoms with Crippen LogP contribution in [0.2, 0.25) is 0 Å².